The molecule has 0 unspecified atom stereocenters. The van der Waals surface area contributed by atoms with E-state index in [-0.39, 0.29) is 0 Å². The van der Waals surface area contributed by atoms with Crippen LogP contribution in [0, 0.1) is 0 Å². The maximum Gasteiger partial charge on any atom is 0.0772 e. The van der Waals surface area contributed by atoms with Crippen molar-refractivity contribution in [3.8, 4) is 0 Å². The zero-order valence-electron chi connectivity index (χ0n) is 6.91. The second kappa shape index (κ2) is 3.34. The van der Waals surface area contributed by atoms with Gasteiger partial charge in [-0.3, -0.25) is 4.98 Å². The lowest BCUT2D eigenvalue weighted by atomic mass is 10.3. The minimum absolute atomic E-state index is 0.765. The predicted molar refractivity (Wildman–Crippen MR) is 46.0 cm³/mol. The number of anilines is 1. The minimum Gasteiger partial charge on any atom is -0.397 e. The summed E-state index contributed by atoms with van der Waals surface area (Å²) in [5.41, 5.74) is 7.39. The minimum atomic E-state index is 0.765. The molecular formula is C8H13N3. The van der Waals surface area contributed by atoms with E-state index in [1.54, 1.807) is 6.20 Å². The van der Waals surface area contributed by atoms with Crippen LogP contribution in [0.3, 0.4) is 0 Å². The number of nitrogens with two attached hydrogens (primary N) is 1. The van der Waals surface area contributed by atoms with E-state index in [9.17, 15) is 0 Å². The van der Waals surface area contributed by atoms with Gasteiger partial charge in [-0.05, 0) is 26.2 Å². The van der Waals surface area contributed by atoms with Crippen LogP contribution in [0.2, 0.25) is 0 Å². The molecule has 0 amide bonds. The number of pyridine rings is 1. The lowest BCUT2D eigenvalue weighted by Crippen LogP contribution is -2.13. The second-order valence-corrected chi connectivity index (χ2v) is 2.78. The number of hydrogen-bond acceptors (Lipinski definition) is 3. The molecule has 1 rings (SSSR count). The molecule has 0 spiro atoms. The Kier molecular flexibility index (Phi) is 2.44. The summed E-state index contributed by atoms with van der Waals surface area (Å²) in [5.74, 6) is 0. The number of nitrogen functional groups attached to an aromatic ring is 1. The van der Waals surface area contributed by atoms with Crippen LogP contribution in [0.1, 0.15) is 5.69 Å². The maximum absolute atomic E-state index is 5.68. The fourth-order valence-electron chi connectivity index (χ4n) is 0.882. The molecule has 2 N–H and O–H groups in total. The summed E-state index contributed by atoms with van der Waals surface area (Å²) in [6.07, 6.45) is 1.76. The summed E-state index contributed by atoms with van der Waals surface area (Å²) in [7, 11) is 3.99. The van der Waals surface area contributed by atoms with Crippen LogP contribution < -0.4 is 5.73 Å². The summed E-state index contributed by atoms with van der Waals surface area (Å²) < 4.78 is 0. The lowest BCUT2D eigenvalue weighted by Gasteiger charge is -2.09. The van der Waals surface area contributed by atoms with E-state index in [0.29, 0.717) is 0 Å². The topological polar surface area (TPSA) is 42.2 Å². The third kappa shape index (κ3) is 2.20. The van der Waals surface area contributed by atoms with E-state index < -0.39 is 0 Å². The van der Waals surface area contributed by atoms with Gasteiger partial charge in [-0.2, -0.15) is 0 Å². The summed E-state index contributed by atoms with van der Waals surface area (Å²) in [6.45, 7) is 0.798. The highest BCUT2D eigenvalue weighted by molar-refractivity contribution is 5.41. The first-order valence-corrected chi connectivity index (χ1v) is 3.54. The lowest BCUT2D eigenvalue weighted by molar-refractivity contribution is 0.397. The molecule has 0 radical (unpaired) electrons. The first-order chi connectivity index (χ1) is 5.20. The average Bonchev–Trinajstić information content (AvgIpc) is 1.93. The van der Waals surface area contributed by atoms with Crippen molar-refractivity contribution in [3.05, 3.63) is 24.0 Å². The molecule has 0 aliphatic carbocycles. The number of nitrogens with zero attached hydrogens (tertiary/aromatic N) is 2. The van der Waals surface area contributed by atoms with Crippen molar-refractivity contribution < 1.29 is 0 Å². The molecule has 0 fully saturated rings. The zero-order chi connectivity index (χ0) is 8.27. The molecule has 0 aromatic carbocycles. The highest BCUT2D eigenvalue weighted by atomic mass is 15.1. The van der Waals surface area contributed by atoms with Crippen molar-refractivity contribution in [1.29, 1.82) is 0 Å². The average molecular weight is 151 g/mol. The molecule has 0 saturated heterocycles. The summed E-state index contributed by atoms with van der Waals surface area (Å²) in [5, 5.41) is 0. The predicted octanol–water partition coefficient (Wildman–Crippen LogP) is 0.725. The third-order valence-electron chi connectivity index (χ3n) is 1.39. The SMILES string of the molecule is CN(C)Cc1ncccc1N. The van der Waals surface area contributed by atoms with Gasteiger partial charge < -0.3 is 10.6 Å². The first-order valence-electron chi connectivity index (χ1n) is 3.54. The molecule has 60 valence electrons. The van der Waals surface area contributed by atoms with Gasteiger partial charge in [-0.1, -0.05) is 0 Å². The molecular weight excluding hydrogens is 138 g/mol. The third-order valence-corrected chi connectivity index (χ3v) is 1.39. The van der Waals surface area contributed by atoms with E-state index in [0.717, 1.165) is 17.9 Å². The van der Waals surface area contributed by atoms with E-state index in [4.69, 9.17) is 5.73 Å². The van der Waals surface area contributed by atoms with Gasteiger partial charge >= 0.3 is 0 Å². The van der Waals surface area contributed by atoms with Crippen molar-refractivity contribution in [2.75, 3.05) is 19.8 Å². The Morgan fingerprint density at radius 2 is 2.27 bits per heavy atom. The van der Waals surface area contributed by atoms with Crippen molar-refractivity contribution in [2.24, 2.45) is 0 Å². The van der Waals surface area contributed by atoms with Gasteiger partial charge in [0, 0.05) is 12.7 Å². The number of aromatic nitrogens is 1. The molecule has 1 aromatic heterocycles. The van der Waals surface area contributed by atoms with Gasteiger partial charge in [0.2, 0.25) is 0 Å². The second-order valence-electron chi connectivity index (χ2n) is 2.78. The van der Waals surface area contributed by atoms with E-state index in [1.165, 1.54) is 0 Å². The van der Waals surface area contributed by atoms with Crippen LogP contribution in [-0.4, -0.2) is 24.0 Å². The highest BCUT2D eigenvalue weighted by Crippen LogP contribution is 2.07. The molecule has 0 saturated carbocycles. The Labute approximate surface area is 66.8 Å². The Morgan fingerprint density at radius 1 is 1.55 bits per heavy atom. The van der Waals surface area contributed by atoms with Gasteiger partial charge in [-0.25, -0.2) is 0 Å². The Hall–Kier alpha value is -1.09. The van der Waals surface area contributed by atoms with E-state index in [2.05, 4.69) is 4.98 Å². The van der Waals surface area contributed by atoms with Crippen LogP contribution in [0.4, 0.5) is 5.69 Å². The fourth-order valence-corrected chi connectivity index (χ4v) is 0.882. The quantitative estimate of drug-likeness (QED) is 0.677. The van der Waals surface area contributed by atoms with Gasteiger partial charge in [-0.15, -0.1) is 0 Å². The van der Waals surface area contributed by atoms with Crippen LogP contribution in [0.5, 0.6) is 0 Å². The van der Waals surface area contributed by atoms with Crippen LogP contribution >= 0.6 is 0 Å². The zero-order valence-corrected chi connectivity index (χ0v) is 6.91. The first kappa shape index (κ1) is 8.01. The van der Waals surface area contributed by atoms with Crippen molar-refractivity contribution in [3.63, 3.8) is 0 Å². The molecule has 1 heterocycles. The normalized spacial score (nSPS) is 10.5. The standard InChI is InChI=1S/C8H13N3/c1-11(2)6-8-7(9)4-3-5-10-8/h3-5H,6,9H2,1-2H3. The maximum atomic E-state index is 5.68. The molecule has 3 nitrogen and oxygen atoms in total. The summed E-state index contributed by atoms with van der Waals surface area (Å²) >= 11 is 0. The highest BCUT2D eigenvalue weighted by Gasteiger charge is 1.99. The van der Waals surface area contributed by atoms with Crippen molar-refractivity contribution >= 4 is 5.69 Å². The van der Waals surface area contributed by atoms with Crippen molar-refractivity contribution in [2.45, 2.75) is 6.54 Å². The van der Waals surface area contributed by atoms with Crippen molar-refractivity contribution in [1.82, 2.24) is 9.88 Å². The summed E-state index contributed by atoms with van der Waals surface area (Å²) in [6, 6.07) is 3.71. The Balaban J connectivity index is 2.78. The molecule has 3 heteroatoms. The summed E-state index contributed by atoms with van der Waals surface area (Å²) in [4.78, 5) is 6.19. The van der Waals surface area contributed by atoms with Gasteiger partial charge in [0.15, 0.2) is 0 Å². The molecule has 1 aromatic rings. The molecule has 0 aliphatic heterocycles. The Morgan fingerprint density at radius 3 is 2.82 bits per heavy atom. The van der Waals surface area contributed by atoms with Crippen LogP contribution in [0.15, 0.2) is 18.3 Å². The number of rotatable bonds is 2. The van der Waals surface area contributed by atoms with Gasteiger partial charge in [0.25, 0.3) is 0 Å². The molecule has 0 atom stereocenters. The van der Waals surface area contributed by atoms with Gasteiger partial charge in [0.1, 0.15) is 0 Å². The Bertz CT molecular complexity index is 233. The smallest absolute Gasteiger partial charge is 0.0772 e. The largest absolute Gasteiger partial charge is 0.397 e. The van der Waals surface area contributed by atoms with E-state index >= 15 is 0 Å². The molecule has 11 heavy (non-hydrogen) atoms. The van der Waals surface area contributed by atoms with Gasteiger partial charge in [0.05, 0.1) is 11.4 Å². The molecule has 0 bridgehead atoms. The number of hydrogen-bond donors (Lipinski definition) is 1. The van der Waals surface area contributed by atoms with Crippen LogP contribution in [-0.2, 0) is 6.54 Å². The van der Waals surface area contributed by atoms with Crippen LogP contribution in [0.25, 0.3) is 0 Å². The monoisotopic (exact) mass is 151 g/mol. The molecule has 0 aliphatic rings. The fraction of sp³-hybridized carbons (Fsp3) is 0.375. The van der Waals surface area contributed by atoms with E-state index in [1.807, 2.05) is 31.1 Å².